The van der Waals surface area contributed by atoms with Gasteiger partial charge in [-0.25, -0.2) is 8.42 Å². The van der Waals surface area contributed by atoms with Crippen LogP contribution < -0.4 is 14.8 Å². The number of nitrogens with one attached hydrogen (secondary N) is 2. The molecule has 0 fully saturated rings. The predicted octanol–water partition coefficient (Wildman–Crippen LogP) is 4.71. The summed E-state index contributed by atoms with van der Waals surface area (Å²) in [7, 11) is -2.61. The van der Waals surface area contributed by atoms with Crippen LogP contribution in [0.5, 0.6) is 5.75 Å². The van der Waals surface area contributed by atoms with E-state index in [0.717, 1.165) is 5.56 Å². The smallest absolute Gasteiger partial charge is 0.263 e. The number of benzene rings is 3. The van der Waals surface area contributed by atoms with Crippen molar-refractivity contribution < 1.29 is 17.9 Å². The molecule has 29 heavy (non-hydrogen) atoms. The molecule has 0 aromatic heterocycles. The highest BCUT2D eigenvalue weighted by atomic mass is 35.5. The van der Waals surface area contributed by atoms with Crippen LogP contribution >= 0.6 is 11.6 Å². The second kappa shape index (κ2) is 8.55. The topological polar surface area (TPSA) is 84.5 Å². The molecule has 0 heterocycles. The molecule has 1 amide bonds. The number of anilines is 2. The van der Waals surface area contributed by atoms with Crippen LogP contribution in [0.4, 0.5) is 11.4 Å². The van der Waals surface area contributed by atoms with Gasteiger partial charge in [0.1, 0.15) is 10.6 Å². The van der Waals surface area contributed by atoms with Crippen LogP contribution in [0.25, 0.3) is 0 Å². The van der Waals surface area contributed by atoms with E-state index in [1.165, 1.54) is 25.3 Å². The van der Waals surface area contributed by atoms with Gasteiger partial charge in [-0.1, -0.05) is 41.9 Å². The summed E-state index contributed by atoms with van der Waals surface area (Å²) in [5.41, 5.74) is 1.96. The third kappa shape index (κ3) is 4.70. The molecule has 0 atom stereocenters. The molecule has 0 saturated heterocycles. The van der Waals surface area contributed by atoms with E-state index in [9.17, 15) is 13.2 Å². The quantitative estimate of drug-likeness (QED) is 0.593. The lowest BCUT2D eigenvalue weighted by molar-refractivity contribution is 0.102. The van der Waals surface area contributed by atoms with E-state index >= 15 is 0 Å². The summed E-state index contributed by atoms with van der Waals surface area (Å²) in [6, 6.07) is 18.0. The molecule has 0 bridgehead atoms. The molecular weight excluding hydrogens is 412 g/mol. The van der Waals surface area contributed by atoms with Crippen LogP contribution in [-0.2, 0) is 10.0 Å². The fourth-order valence-corrected chi connectivity index (χ4v) is 4.28. The number of carbonyl (C=O) groups excluding carboxylic acids is 1. The van der Waals surface area contributed by atoms with Crippen molar-refractivity contribution >= 4 is 38.9 Å². The molecule has 150 valence electrons. The lowest BCUT2D eigenvalue weighted by atomic mass is 10.1. The van der Waals surface area contributed by atoms with Gasteiger partial charge in [-0.15, -0.1) is 0 Å². The van der Waals surface area contributed by atoms with Gasteiger partial charge >= 0.3 is 0 Å². The molecule has 8 heteroatoms. The van der Waals surface area contributed by atoms with Gasteiger partial charge in [0, 0.05) is 11.3 Å². The molecule has 6 nitrogen and oxygen atoms in total. The van der Waals surface area contributed by atoms with Crippen LogP contribution in [0, 0.1) is 6.92 Å². The first-order valence-electron chi connectivity index (χ1n) is 8.64. The first-order chi connectivity index (χ1) is 13.8. The summed E-state index contributed by atoms with van der Waals surface area (Å²) < 4.78 is 33.4. The Labute approximate surface area is 174 Å². The van der Waals surface area contributed by atoms with Crippen LogP contribution in [0.15, 0.2) is 71.6 Å². The number of ether oxygens (including phenoxy) is 1. The van der Waals surface area contributed by atoms with Crippen molar-refractivity contribution in [2.45, 2.75) is 11.8 Å². The van der Waals surface area contributed by atoms with Gasteiger partial charge in [0.2, 0.25) is 0 Å². The Morgan fingerprint density at radius 2 is 1.62 bits per heavy atom. The number of amides is 1. The Hall–Kier alpha value is -3.03. The first kappa shape index (κ1) is 20.7. The van der Waals surface area contributed by atoms with Gasteiger partial charge in [0.05, 0.1) is 17.8 Å². The fraction of sp³-hybridized carbons (Fsp3) is 0.0952. The number of rotatable bonds is 6. The number of aryl methyl sites for hydroxylation is 1. The minimum Gasteiger partial charge on any atom is -0.495 e. The van der Waals surface area contributed by atoms with Crippen molar-refractivity contribution in [1.82, 2.24) is 0 Å². The Morgan fingerprint density at radius 1 is 0.966 bits per heavy atom. The molecule has 0 radical (unpaired) electrons. The van der Waals surface area contributed by atoms with Crippen LogP contribution in [0.1, 0.15) is 15.9 Å². The summed E-state index contributed by atoms with van der Waals surface area (Å²) >= 11 is 6.13. The number of halogens is 1. The largest absolute Gasteiger partial charge is 0.495 e. The van der Waals surface area contributed by atoms with Gasteiger partial charge in [0.25, 0.3) is 15.9 Å². The summed E-state index contributed by atoms with van der Waals surface area (Å²) in [6.07, 6.45) is 0. The zero-order chi connectivity index (χ0) is 21.0. The Morgan fingerprint density at radius 3 is 2.31 bits per heavy atom. The minimum absolute atomic E-state index is 0.000148. The summed E-state index contributed by atoms with van der Waals surface area (Å²) in [5, 5.41) is 2.78. The molecule has 3 aromatic rings. The summed E-state index contributed by atoms with van der Waals surface area (Å²) in [4.78, 5) is 12.4. The van der Waals surface area contributed by atoms with E-state index in [0.29, 0.717) is 11.4 Å². The highest BCUT2D eigenvalue weighted by Gasteiger charge is 2.22. The maximum Gasteiger partial charge on any atom is 0.263 e. The fourth-order valence-electron chi connectivity index (χ4n) is 2.69. The minimum atomic E-state index is -4.06. The number of hydrogen-bond donors (Lipinski definition) is 2. The second-order valence-electron chi connectivity index (χ2n) is 6.22. The first-order valence-corrected chi connectivity index (χ1v) is 10.5. The van der Waals surface area contributed by atoms with E-state index in [4.69, 9.17) is 16.3 Å². The van der Waals surface area contributed by atoms with E-state index < -0.39 is 15.9 Å². The predicted molar refractivity (Wildman–Crippen MR) is 114 cm³/mol. The molecule has 0 aliphatic carbocycles. The van der Waals surface area contributed by atoms with E-state index in [-0.39, 0.29) is 21.2 Å². The highest BCUT2D eigenvalue weighted by molar-refractivity contribution is 7.92. The van der Waals surface area contributed by atoms with Gasteiger partial charge in [-0.2, -0.15) is 0 Å². The lowest BCUT2D eigenvalue weighted by Gasteiger charge is -2.14. The average molecular weight is 431 g/mol. The SMILES string of the molecule is COc1ccccc1NS(=O)(=O)c1cc(C(=O)Nc2ccccc2C)ccc1Cl. The number of carbonyl (C=O) groups is 1. The van der Waals surface area contributed by atoms with Crippen LogP contribution in [-0.4, -0.2) is 21.4 Å². The molecule has 0 aliphatic rings. The summed E-state index contributed by atoms with van der Waals surface area (Å²) in [6.45, 7) is 1.87. The third-order valence-corrected chi connectivity index (χ3v) is 6.07. The highest BCUT2D eigenvalue weighted by Crippen LogP contribution is 2.29. The lowest BCUT2D eigenvalue weighted by Crippen LogP contribution is -2.17. The Bertz CT molecular complexity index is 1160. The molecule has 0 aliphatic heterocycles. The molecular formula is C21H19ClN2O4S. The molecule has 2 N–H and O–H groups in total. The standard InChI is InChI=1S/C21H19ClN2O4S/c1-14-7-3-4-8-17(14)23-21(25)15-11-12-16(22)20(13-15)29(26,27)24-18-9-5-6-10-19(18)28-2/h3-13,24H,1-2H3,(H,23,25). The van der Waals surface area contributed by atoms with Crippen molar-refractivity contribution in [1.29, 1.82) is 0 Å². The van der Waals surface area contributed by atoms with Crippen molar-refractivity contribution in [3.05, 3.63) is 82.9 Å². The van der Waals surface area contributed by atoms with Crippen molar-refractivity contribution in [2.24, 2.45) is 0 Å². The zero-order valence-corrected chi connectivity index (χ0v) is 17.3. The van der Waals surface area contributed by atoms with E-state index in [1.807, 2.05) is 19.1 Å². The average Bonchev–Trinajstić information content (AvgIpc) is 2.70. The van der Waals surface area contributed by atoms with Crippen LogP contribution in [0.2, 0.25) is 5.02 Å². The van der Waals surface area contributed by atoms with Gasteiger partial charge in [-0.05, 0) is 48.9 Å². The van der Waals surface area contributed by atoms with Gasteiger partial charge in [-0.3, -0.25) is 9.52 Å². The van der Waals surface area contributed by atoms with Crippen molar-refractivity contribution in [3.63, 3.8) is 0 Å². The summed E-state index contributed by atoms with van der Waals surface area (Å²) in [5.74, 6) is -0.0784. The monoisotopic (exact) mass is 430 g/mol. The number of sulfonamides is 1. The van der Waals surface area contributed by atoms with E-state index in [1.54, 1.807) is 36.4 Å². The molecule has 3 aromatic carbocycles. The number of methoxy groups -OCH3 is 1. The third-order valence-electron chi connectivity index (χ3n) is 4.23. The maximum absolute atomic E-state index is 12.9. The Balaban J connectivity index is 1.92. The van der Waals surface area contributed by atoms with Gasteiger partial charge in [0.15, 0.2) is 0 Å². The maximum atomic E-state index is 12.9. The van der Waals surface area contributed by atoms with Crippen molar-refractivity contribution in [2.75, 3.05) is 17.1 Å². The molecule has 0 unspecified atom stereocenters. The zero-order valence-electron chi connectivity index (χ0n) is 15.8. The molecule has 0 saturated carbocycles. The van der Waals surface area contributed by atoms with Crippen molar-refractivity contribution in [3.8, 4) is 5.75 Å². The second-order valence-corrected chi connectivity index (χ2v) is 8.28. The van der Waals surface area contributed by atoms with Crippen LogP contribution in [0.3, 0.4) is 0 Å². The Kier molecular flexibility index (Phi) is 6.10. The number of hydrogen-bond acceptors (Lipinski definition) is 4. The van der Waals surface area contributed by atoms with E-state index in [2.05, 4.69) is 10.0 Å². The molecule has 3 rings (SSSR count). The normalized spacial score (nSPS) is 11.0. The van der Waals surface area contributed by atoms with Gasteiger partial charge < -0.3 is 10.1 Å². The number of para-hydroxylation sites is 3. The molecule has 0 spiro atoms.